The molecular weight excluding hydrogens is 542 g/mol. The Morgan fingerprint density at radius 2 is 0.844 bits per heavy atom. The van der Waals surface area contributed by atoms with Crippen molar-refractivity contribution >= 4 is 38.6 Å². The fraction of sp³-hybridized carbons (Fsp3) is 0. The first kappa shape index (κ1) is 26.7. The summed E-state index contributed by atoms with van der Waals surface area (Å²) in [6.07, 6.45) is 0. The van der Waals surface area contributed by atoms with E-state index in [0.717, 1.165) is 17.1 Å². The van der Waals surface area contributed by atoms with E-state index in [2.05, 4.69) is 193 Å². The summed E-state index contributed by atoms with van der Waals surface area (Å²) >= 11 is 0. The standard InChI is InChI=1S/C44H31N/c1-3-15-32(16-4-1)35-22-13-23-37(29-35)45(44-28-12-11-26-41(44)34-17-5-2-6-18-34)38-30-36-20-8-10-25-40(36)43(31-38)42-27-14-21-33-19-7-9-24-39(33)42/h1-31H. The van der Waals surface area contributed by atoms with Crippen molar-refractivity contribution in [2.24, 2.45) is 0 Å². The van der Waals surface area contributed by atoms with Gasteiger partial charge in [0.15, 0.2) is 0 Å². The van der Waals surface area contributed by atoms with Crippen LogP contribution in [0, 0.1) is 0 Å². The van der Waals surface area contributed by atoms with Crippen molar-refractivity contribution in [3.63, 3.8) is 0 Å². The van der Waals surface area contributed by atoms with Crippen LogP contribution >= 0.6 is 0 Å². The normalized spacial score (nSPS) is 11.1. The van der Waals surface area contributed by atoms with Gasteiger partial charge in [-0.15, -0.1) is 0 Å². The number of para-hydroxylation sites is 1. The van der Waals surface area contributed by atoms with E-state index in [4.69, 9.17) is 0 Å². The second kappa shape index (κ2) is 11.6. The SMILES string of the molecule is c1ccc(-c2cccc(N(c3cc(-c4cccc5ccccc45)c4ccccc4c3)c3ccccc3-c3ccccc3)c2)cc1. The first-order chi connectivity index (χ1) is 22.3. The highest BCUT2D eigenvalue weighted by Crippen LogP contribution is 2.45. The molecule has 0 saturated heterocycles. The van der Waals surface area contributed by atoms with Crippen molar-refractivity contribution in [3.8, 4) is 33.4 Å². The number of anilines is 3. The van der Waals surface area contributed by atoms with E-state index < -0.39 is 0 Å². The van der Waals surface area contributed by atoms with E-state index in [-0.39, 0.29) is 0 Å². The molecule has 45 heavy (non-hydrogen) atoms. The zero-order valence-electron chi connectivity index (χ0n) is 24.8. The van der Waals surface area contributed by atoms with Crippen molar-refractivity contribution < 1.29 is 0 Å². The zero-order valence-corrected chi connectivity index (χ0v) is 24.8. The summed E-state index contributed by atoms with van der Waals surface area (Å²) in [5, 5.41) is 4.95. The van der Waals surface area contributed by atoms with Gasteiger partial charge in [0.05, 0.1) is 5.69 Å². The Kier molecular flexibility index (Phi) is 6.90. The molecule has 0 amide bonds. The van der Waals surface area contributed by atoms with Crippen molar-refractivity contribution in [1.29, 1.82) is 0 Å². The molecule has 8 aromatic carbocycles. The smallest absolute Gasteiger partial charge is 0.0540 e. The average molecular weight is 574 g/mol. The monoisotopic (exact) mass is 573 g/mol. The zero-order chi connectivity index (χ0) is 30.0. The third-order valence-corrected chi connectivity index (χ3v) is 8.63. The maximum atomic E-state index is 2.43. The molecule has 0 fully saturated rings. The molecule has 0 radical (unpaired) electrons. The van der Waals surface area contributed by atoms with E-state index in [9.17, 15) is 0 Å². The minimum absolute atomic E-state index is 1.11. The first-order valence-corrected chi connectivity index (χ1v) is 15.4. The number of rotatable bonds is 6. The van der Waals surface area contributed by atoms with E-state index in [0.29, 0.717) is 0 Å². The predicted octanol–water partition coefficient (Wildman–Crippen LogP) is 12.5. The molecule has 0 bridgehead atoms. The fourth-order valence-corrected chi connectivity index (χ4v) is 6.52. The van der Waals surface area contributed by atoms with Crippen LogP contribution in [0.2, 0.25) is 0 Å². The summed E-state index contributed by atoms with van der Waals surface area (Å²) < 4.78 is 0. The van der Waals surface area contributed by atoms with E-state index in [1.807, 2.05) is 0 Å². The summed E-state index contributed by atoms with van der Waals surface area (Å²) in [6, 6.07) is 67.7. The van der Waals surface area contributed by atoms with Gasteiger partial charge in [-0.2, -0.15) is 0 Å². The van der Waals surface area contributed by atoms with E-state index >= 15 is 0 Å². The molecule has 0 aliphatic heterocycles. The van der Waals surface area contributed by atoms with Gasteiger partial charge in [-0.1, -0.05) is 158 Å². The Hall–Kier alpha value is -5.92. The Morgan fingerprint density at radius 3 is 1.64 bits per heavy atom. The van der Waals surface area contributed by atoms with Gasteiger partial charge in [-0.3, -0.25) is 0 Å². The molecule has 0 aliphatic carbocycles. The van der Waals surface area contributed by atoms with Crippen LogP contribution in [0.1, 0.15) is 0 Å². The van der Waals surface area contributed by atoms with E-state index in [1.54, 1.807) is 0 Å². The molecule has 0 heterocycles. The van der Waals surface area contributed by atoms with Crippen LogP contribution < -0.4 is 4.90 Å². The third kappa shape index (κ3) is 5.05. The fourth-order valence-electron chi connectivity index (χ4n) is 6.52. The van der Waals surface area contributed by atoms with Gasteiger partial charge >= 0.3 is 0 Å². The highest BCUT2D eigenvalue weighted by atomic mass is 15.1. The number of nitrogens with zero attached hydrogens (tertiary/aromatic N) is 1. The molecule has 1 heteroatoms. The molecule has 1 nitrogen and oxygen atoms in total. The van der Waals surface area contributed by atoms with Gasteiger partial charge in [0.2, 0.25) is 0 Å². The molecular formula is C44H31N. The lowest BCUT2D eigenvalue weighted by atomic mass is 9.92. The van der Waals surface area contributed by atoms with Gasteiger partial charge in [-0.25, -0.2) is 0 Å². The van der Waals surface area contributed by atoms with Crippen LogP contribution in [0.5, 0.6) is 0 Å². The van der Waals surface area contributed by atoms with Crippen LogP contribution in [-0.2, 0) is 0 Å². The molecule has 0 saturated carbocycles. The molecule has 0 unspecified atom stereocenters. The lowest BCUT2D eigenvalue weighted by molar-refractivity contribution is 1.29. The number of hydrogen-bond acceptors (Lipinski definition) is 1. The van der Waals surface area contributed by atoms with Gasteiger partial charge in [0, 0.05) is 16.9 Å². The van der Waals surface area contributed by atoms with Crippen LogP contribution in [0.4, 0.5) is 17.1 Å². The van der Waals surface area contributed by atoms with Gasteiger partial charge in [0.25, 0.3) is 0 Å². The minimum Gasteiger partial charge on any atom is -0.310 e. The first-order valence-electron chi connectivity index (χ1n) is 15.4. The maximum Gasteiger partial charge on any atom is 0.0540 e. The average Bonchev–Trinajstić information content (AvgIpc) is 3.12. The van der Waals surface area contributed by atoms with Crippen LogP contribution in [0.3, 0.4) is 0 Å². The summed E-state index contributed by atoms with van der Waals surface area (Å²) in [4.78, 5) is 2.43. The molecule has 8 rings (SSSR count). The molecule has 0 atom stereocenters. The highest BCUT2D eigenvalue weighted by molar-refractivity contribution is 6.08. The predicted molar refractivity (Wildman–Crippen MR) is 192 cm³/mol. The molecule has 8 aromatic rings. The number of fused-ring (bicyclic) bond motifs is 2. The summed E-state index contributed by atoms with van der Waals surface area (Å²) in [5.74, 6) is 0. The largest absolute Gasteiger partial charge is 0.310 e. The maximum absolute atomic E-state index is 2.43. The quantitative estimate of drug-likeness (QED) is 0.191. The van der Waals surface area contributed by atoms with Crippen LogP contribution in [0.25, 0.3) is 54.9 Å². The summed E-state index contributed by atoms with van der Waals surface area (Å²) in [5.41, 5.74) is 10.6. The lowest BCUT2D eigenvalue weighted by Gasteiger charge is -2.29. The Balaban J connectivity index is 1.42. The van der Waals surface area contributed by atoms with Gasteiger partial charge in [-0.05, 0) is 79.7 Å². The number of hydrogen-bond donors (Lipinski definition) is 0. The second-order valence-electron chi connectivity index (χ2n) is 11.4. The second-order valence-corrected chi connectivity index (χ2v) is 11.4. The van der Waals surface area contributed by atoms with Crippen molar-refractivity contribution in [2.45, 2.75) is 0 Å². The Morgan fingerprint density at radius 1 is 0.289 bits per heavy atom. The van der Waals surface area contributed by atoms with Gasteiger partial charge in [0.1, 0.15) is 0 Å². The molecule has 0 aliphatic rings. The molecule has 0 N–H and O–H groups in total. The van der Waals surface area contributed by atoms with Crippen molar-refractivity contribution in [3.05, 3.63) is 188 Å². The van der Waals surface area contributed by atoms with Crippen molar-refractivity contribution in [1.82, 2.24) is 0 Å². The lowest BCUT2D eigenvalue weighted by Crippen LogP contribution is -2.11. The van der Waals surface area contributed by atoms with Gasteiger partial charge < -0.3 is 4.90 Å². The van der Waals surface area contributed by atoms with Crippen molar-refractivity contribution in [2.75, 3.05) is 4.90 Å². The Labute approximate surface area is 264 Å². The van der Waals surface area contributed by atoms with E-state index in [1.165, 1.54) is 54.9 Å². The summed E-state index contributed by atoms with van der Waals surface area (Å²) in [7, 11) is 0. The highest BCUT2D eigenvalue weighted by Gasteiger charge is 2.20. The number of benzene rings is 8. The topological polar surface area (TPSA) is 3.24 Å². The molecule has 0 spiro atoms. The molecule has 0 aromatic heterocycles. The molecule has 212 valence electrons. The third-order valence-electron chi connectivity index (χ3n) is 8.63. The summed E-state index contributed by atoms with van der Waals surface area (Å²) in [6.45, 7) is 0. The Bertz CT molecular complexity index is 2260. The minimum atomic E-state index is 1.11. The van der Waals surface area contributed by atoms with Crippen LogP contribution in [-0.4, -0.2) is 0 Å². The van der Waals surface area contributed by atoms with Crippen LogP contribution in [0.15, 0.2) is 188 Å².